The third-order valence-electron chi connectivity index (χ3n) is 4.02. The molecule has 106 valence electrons. The number of benzene rings is 1. The Balaban J connectivity index is 1.34. The molecule has 0 saturated heterocycles. The molecule has 21 heavy (non-hydrogen) atoms. The zero-order valence-corrected chi connectivity index (χ0v) is 13.3. The lowest BCUT2D eigenvalue weighted by molar-refractivity contribution is 0.679. The van der Waals surface area contributed by atoms with Gasteiger partial charge in [-0.15, -0.1) is 22.7 Å². The molecule has 2 atom stereocenters. The van der Waals surface area contributed by atoms with Crippen LogP contribution in [0.3, 0.4) is 0 Å². The van der Waals surface area contributed by atoms with Gasteiger partial charge in [-0.25, -0.2) is 0 Å². The average molecular weight is 311 g/mol. The fourth-order valence-corrected chi connectivity index (χ4v) is 4.39. The van der Waals surface area contributed by atoms with E-state index in [-0.39, 0.29) is 0 Å². The maximum absolute atomic E-state index is 3.69. The van der Waals surface area contributed by atoms with Crippen molar-refractivity contribution >= 4 is 22.7 Å². The van der Waals surface area contributed by atoms with Crippen molar-refractivity contribution in [1.29, 1.82) is 0 Å². The van der Waals surface area contributed by atoms with Gasteiger partial charge in [-0.1, -0.05) is 36.4 Å². The molecule has 2 heterocycles. The molecular weight excluding hydrogens is 294 g/mol. The highest BCUT2D eigenvalue weighted by Gasteiger charge is 2.37. The molecular formula is C18H17NS2. The Bertz CT molecular complexity index is 700. The van der Waals surface area contributed by atoms with E-state index < -0.39 is 0 Å². The van der Waals surface area contributed by atoms with Crippen molar-refractivity contribution < 1.29 is 0 Å². The molecule has 4 rings (SSSR count). The fraction of sp³-hybridized carbons (Fsp3) is 0.222. The van der Waals surface area contributed by atoms with Crippen LogP contribution in [0.4, 0.5) is 0 Å². The lowest BCUT2D eigenvalue weighted by Gasteiger charge is -2.02. The van der Waals surface area contributed by atoms with Gasteiger partial charge in [-0.2, -0.15) is 0 Å². The molecule has 1 aliphatic carbocycles. The quantitative estimate of drug-likeness (QED) is 0.689. The molecule has 1 aromatic carbocycles. The smallest absolute Gasteiger partial charge is 0.0351 e. The van der Waals surface area contributed by atoms with Gasteiger partial charge in [0.25, 0.3) is 0 Å². The van der Waals surface area contributed by atoms with Gasteiger partial charge in [0.1, 0.15) is 0 Å². The molecule has 0 spiro atoms. The Morgan fingerprint density at radius 1 is 1.05 bits per heavy atom. The van der Waals surface area contributed by atoms with Gasteiger partial charge < -0.3 is 5.32 Å². The van der Waals surface area contributed by atoms with Crippen molar-refractivity contribution in [3.05, 3.63) is 69.7 Å². The van der Waals surface area contributed by atoms with Gasteiger partial charge >= 0.3 is 0 Å². The van der Waals surface area contributed by atoms with Crippen molar-refractivity contribution in [3.63, 3.8) is 0 Å². The van der Waals surface area contributed by atoms with E-state index in [1.54, 1.807) is 0 Å². The van der Waals surface area contributed by atoms with E-state index in [4.69, 9.17) is 0 Å². The molecule has 0 aliphatic heterocycles. The zero-order chi connectivity index (χ0) is 14.1. The molecule has 2 unspecified atom stereocenters. The lowest BCUT2D eigenvalue weighted by atomic mass is 10.1. The van der Waals surface area contributed by atoms with Crippen molar-refractivity contribution in [3.8, 4) is 10.4 Å². The predicted octanol–water partition coefficient (Wildman–Crippen LogP) is 5.12. The van der Waals surface area contributed by atoms with Crippen molar-refractivity contribution in [1.82, 2.24) is 5.32 Å². The minimum atomic E-state index is 0.652. The van der Waals surface area contributed by atoms with Crippen LogP contribution >= 0.6 is 22.7 Å². The summed E-state index contributed by atoms with van der Waals surface area (Å²) in [7, 11) is 0. The van der Waals surface area contributed by atoms with Crippen molar-refractivity contribution in [2.24, 2.45) is 0 Å². The summed E-state index contributed by atoms with van der Waals surface area (Å²) < 4.78 is 0. The maximum atomic E-state index is 3.69. The summed E-state index contributed by atoms with van der Waals surface area (Å²) >= 11 is 3.67. The topological polar surface area (TPSA) is 12.0 Å². The second kappa shape index (κ2) is 5.76. The molecule has 1 fully saturated rings. The average Bonchev–Trinajstić information content (AvgIpc) is 2.94. The highest BCUT2D eigenvalue weighted by Crippen LogP contribution is 2.41. The molecule has 1 aliphatic rings. The normalized spacial score (nSPS) is 20.6. The Labute approximate surface area is 133 Å². The lowest BCUT2D eigenvalue weighted by Crippen LogP contribution is -2.16. The number of thiophene rings is 2. The summed E-state index contributed by atoms with van der Waals surface area (Å²) in [5.41, 5.74) is 2.84. The van der Waals surface area contributed by atoms with E-state index in [0.717, 1.165) is 6.54 Å². The number of hydrogen-bond acceptors (Lipinski definition) is 3. The Morgan fingerprint density at radius 2 is 1.95 bits per heavy atom. The Morgan fingerprint density at radius 3 is 2.76 bits per heavy atom. The SMILES string of the molecule is c1ccc(C2CC2NCc2cc(-c3cccs3)cs2)cc1. The highest BCUT2D eigenvalue weighted by molar-refractivity contribution is 7.14. The summed E-state index contributed by atoms with van der Waals surface area (Å²) in [6.45, 7) is 0.990. The first-order chi connectivity index (χ1) is 10.4. The Kier molecular flexibility index (Phi) is 3.63. The second-order valence-electron chi connectivity index (χ2n) is 5.52. The number of rotatable bonds is 5. The maximum Gasteiger partial charge on any atom is 0.0351 e. The minimum Gasteiger partial charge on any atom is -0.308 e. The standard InChI is InChI=1S/C18H17NS2/c1-2-5-13(6-3-1)16-10-17(16)19-11-15-9-14(12-21-15)18-7-4-8-20-18/h1-9,12,16-17,19H,10-11H2. The number of hydrogen-bond donors (Lipinski definition) is 1. The van der Waals surface area contributed by atoms with Crippen LogP contribution in [0.2, 0.25) is 0 Å². The molecule has 1 N–H and O–H groups in total. The van der Waals surface area contributed by atoms with E-state index in [2.05, 4.69) is 64.6 Å². The van der Waals surface area contributed by atoms with Crippen LogP contribution in [0, 0.1) is 0 Å². The summed E-state index contributed by atoms with van der Waals surface area (Å²) in [5, 5.41) is 8.10. The summed E-state index contributed by atoms with van der Waals surface area (Å²) in [6, 6.07) is 18.1. The van der Waals surface area contributed by atoms with Crippen LogP contribution in [-0.2, 0) is 6.54 Å². The van der Waals surface area contributed by atoms with Gasteiger partial charge in [0.15, 0.2) is 0 Å². The van der Waals surface area contributed by atoms with Crippen LogP contribution in [0.15, 0.2) is 59.3 Å². The van der Waals surface area contributed by atoms with Crippen LogP contribution < -0.4 is 5.32 Å². The zero-order valence-electron chi connectivity index (χ0n) is 11.7. The first kappa shape index (κ1) is 13.3. The number of nitrogens with one attached hydrogen (secondary N) is 1. The summed E-state index contributed by atoms with van der Waals surface area (Å²) in [4.78, 5) is 2.79. The van der Waals surface area contributed by atoms with Crippen molar-refractivity contribution in [2.45, 2.75) is 24.9 Å². The van der Waals surface area contributed by atoms with Gasteiger partial charge in [0.05, 0.1) is 0 Å². The van der Waals surface area contributed by atoms with E-state index in [9.17, 15) is 0 Å². The van der Waals surface area contributed by atoms with Gasteiger partial charge in [0, 0.05) is 33.8 Å². The minimum absolute atomic E-state index is 0.652. The Hall–Kier alpha value is -1.42. The van der Waals surface area contributed by atoms with E-state index in [0.29, 0.717) is 12.0 Å². The van der Waals surface area contributed by atoms with Gasteiger partial charge in [-0.05, 0) is 34.9 Å². The predicted molar refractivity (Wildman–Crippen MR) is 92.1 cm³/mol. The van der Waals surface area contributed by atoms with Gasteiger partial charge in [-0.3, -0.25) is 0 Å². The van der Waals surface area contributed by atoms with E-state index in [1.807, 2.05) is 22.7 Å². The van der Waals surface area contributed by atoms with Crippen LogP contribution in [-0.4, -0.2) is 6.04 Å². The third-order valence-corrected chi connectivity index (χ3v) is 5.87. The molecule has 3 heteroatoms. The molecule has 1 saturated carbocycles. The summed E-state index contributed by atoms with van der Waals surface area (Å²) in [5.74, 6) is 0.711. The van der Waals surface area contributed by atoms with E-state index >= 15 is 0 Å². The van der Waals surface area contributed by atoms with Gasteiger partial charge in [0.2, 0.25) is 0 Å². The monoisotopic (exact) mass is 311 g/mol. The molecule has 1 nitrogen and oxygen atoms in total. The highest BCUT2D eigenvalue weighted by atomic mass is 32.1. The second-order valence-corrected chi connectivity index (χ2v) is 7.46. The molecule has 0 radical (unpaired) electrons. The summed E-state index contributed by atoms with van der Waals surface area (Å²) in [6.07, 6.45) is 1.27. The van der Waals surface area contributed by atoms with Crippen LogP contribution in [0.1, 0.15) is 22.8 Å². The van der Waals surface area contributed by atoms with E-state index in [1.165, 1.54) is 27.3 Å². The fourth-order valence-electron chi connectivity index (χ4n) is 2.77. The first-order valence-electron chi connectivity index (χ1n) is 7.30. The van der Waals surface area contributed by atoms with Crippen LogP contribution in [0.25, 0.3) is 10.4 Å². The molecule has 0 amide bonds. The van der Waals surface area contributed by atoms with Crippen LogP contribution in [0.5, 0.6) is 0 Å². The molecule has 3 aromatic rings. The third kappa shape index (κ3) is 2.95. The largest absolute Gasteiger partial charge is 0.308 e. The molecule has 0 bridgehead atoms. The van der Waals surface area contributed by atoms with Crippen molar-refractivity contribution in [2.75, 3.05) is 0 Å². The molecule has 2 aromatic heterocycles. The first-order valence-corrected chi connectivity index (χ1v) is 9.06.